The zero-order valence-corrected chi connectivity index (χ0v) is 15.3. The lowest BCUT2D eigenvalue weighted by Gasteiger charge is -2.15. The van der Waals surface area contributed by atoms with Crippen LogP contribution in [0.1, 0.15) is 5.56 Å². The van der Waals surface area contributed by atoms with Gasteiger partial charge in [-0.25, -0.2) is 0 Å². The van der Waals surface area contributed by atoms with Crippen LogP contribution in [0.25, 0.3) is 43.8 Å². The SMILES string of the molecule is Cc1c(-c2cccc3ccccc23)cccc1-c1cccc2ccccc12. The molecule has 0 atom stereocenters. The monoisotopic (exact) mass is 344 g/mol. The Morgan fingerprint density at radius 1 is 0.370 bits per heavy atom. The summed E-state index contributed by atoms with van der Waals surface area (Å²) in [6.07, 6.45) is 0. The van der Waals surface area contributed by atoms with Crippen LogP contribution >= 0.6 is 0 Å². The fraction of sp³-hybridized carbons (Fsp3) is 0.0370. The summed E-state index contributed by atoms with van der Waals surface area (Å²) in [6.45, 7) is 2.24. The van der Waals surface area contributed by atoms with Gasteiger partial charge in [0.25, 0.3) is 0 Å². The first kappa shape index (κ1) is 15.8. The second-order valence-corrected chi connectivity index (χ2v) is 7.03. The molecule has 0 aliphatic carbocycles. The standard InChI is InChI=1S/C27H20/c1-19-22(26-17-6-11-20-9-2-4-13-24(20)26)15-8-16-23(19)27-18-7-12-21-10-3-5-14-25(21)27/h2-18H,1H3. The van der Waals surface area contributed by atoms with Crippen molar-refractivity contribution in [2.24, 2.45) is 0 Å². The third-order valence-electron chi connectivity index (χ3n) is 5.49. The molecule has 0 aromatic heterocycles. The van der Waals surface area contributed by atoms with E-state index in [4.69, 9.17) is 0 Å². The fourth-order valence-corrected chi connectivity index (χ4v) is 4.14. The van der Waals surface area contributed by atoms with E-state index in [1.807, 2.05) is 0 Å². The minimum atomic E-state index is 1.28. The summed E-state index contributed by atoms with van der Waals surface area (Å²) < 4.78 is 0. The maximum absolute atomic E-state index is 2.24. The second-order valence-electron chi connectivity index (χ2n) is 7.03. The lowest BCUT2D eigenvalue weighted by Crippen LogP contribution is -1.90. The van der Waals surface area contributed by atoms with Gasteiger partial charge in [-0.15, -0.1) is 0 Å². The van der Waals surface area contributed by atoms with Crippen molar-refractivity contribution < 1.29 is 0 Å². The Balaban J connectivity index is 1.78. The summed E-state index contributed by atoms with van der Waals surface area (Å²) >= 11 is 0. The molecule has 0 spiro atoms. The predicted molar refractivity (Wildman–Crippen MR) is 117 cm³/mol. The summed E-state index contributed by atoms with van der Waals surface area (Å²) in [5, 5.41) is 5.17. The van der Waals surface area contributed by atoms with Gasteiger partial charge in [0.15, 0.2) is 0 Å². The van der Waals surface area contributed by atoms with E-state index >= 15 is 0 Å². The Bertz CT molecular complexity index is 1170. The Morgan fingerprint density at radius 3 is 1.26 bits per heavy atom. The summed E-state index contributed by atoms with van der Waals surface area (Å²) in [5.74, 6) is 0. The van der Waals surface area contributed by atoms with Gasteiger partial charge < -0.3 is 0 Å². The van der Waals surface area contributed by atoms with E-state index in [2.05, 4.69) is 110 Å². The molecule has 5 aromatic rings. The molecule has 0 bridgehead atoms. The van der Waals surface area contributed by atoms with Crippen LogP contribution in [0.4, 0.5) is 0 Å². The molecule has 0 heteroatoms. The van der Waals surface area contributed by atoms with Crippen LogP contribution in [0.15, 0.2) is 103 Å². The van der Waals surface area contributed by atoms with Crippen LogP contribution in [0, 0.1) is 6.92 Å². The van der Waals surface area contributed by atoms with E-state index in [1.54, 1.807) is 0 Å². The van der Waals surface area contributed by atoms with Crippen molar-refractivity contribution in [3.05, 3.63) is 109 Å². The van der Waals surface area contributed by atoms with Crippen LogP contribution in [-0.4, -0.2) is 0 Å². The Morgan fingerprint density at radius 2 is 0.741 bits per heavy atom. The van der Waals surface area contributed by atoms with Crippen molar-refractivity contribution in [3.8, 4) is 22.3 Å². The van der Waals surface area contributed by atoms with E-state index in [0.717, 1.165) is 0 Å². The summed E-state index contributed by atoms with van der Waals surface area (Å²) in [5.41, 5.74) is 6.53. The van der Waals surface area contributed by atoms with Gasteiger partial charge in [-0.2, -0.15) is 0 Å². The molecule has 0 nitrogen and oxygen atoms in total. The molecule has 0 amide bonds. The molecular weight excluding hydrogens is 324 g/mol. The molecule has 0 N–H and O–H groups in total. The highest BCUT2D eigenvalue weighted by atomic mass is 14.2. The van der Waals surface area contributed by atoms with Crippen molar-refractivity contribution in [2.75, 3.05) is 0 Å². The van der Waals surface area contributed by atoms with Gasteiger partial charge in [-0.3, -0.25) is 0 Å². The van der Waals surface area contributed by atoms with Gasteiger partial charge >= 0.3 is 0 Å². The summed E-state index contributed by atoms with van der Waals surface area (Å²) in [4.78, 5) is 0. The minimum absolute atomic E-state index is 1.28. The molecule has 0 aliphatic rings. The smallest absolute Gasteiger partial charge is 0.0103 e. The molecule has 27 heavy (non-hydrogen) atoms. The van der Waals surface area contributed by atoms with Crippen LogP contribution in [-0.2, 0) is 0 Å². The van der Waals surface area contributed by atoms with E-state index in [1.165, 1.54) is 49.4 Å². The van der Waals surface area contributed by atoms with Gasteiger partial charge in [-0.1, -0.05) is 103 Å². The molecule has 0 heterocycles. The molecule has 0 unspecified atom stereocenters. The van der Waals surface area contributed by atoms with Crippen molar-refractivity contribution in [1.29, 1.82) is 0 Å². The zero-order chi connectivity index (χ0) is 18.2. The van der Waals surface area contributed by atoms with Crippen molar-refractivity contribution in [1.82, 2.24) is 0 Å². The molecule has 0 saturated carbocycles. The zero-order valence-electron chi connectivity index (χ0n) is 15.3. The molecular formula is C27H20. The lowest BCUT2D eigenvalue weighted by molar-refractivity contribution is 1.46. The summed E-state index contributed by atoms with van der Waals surface area (Å²) in [7, 11) is 0. The highest BCUT2D eigenvalue weighted by Gasteiger charge is 2.12. The van der Waals surface area contributed by atoms with Gasteiger partial charge in [0.05, 0.1) is 0 Å². The van der Waals surface area contributed by atoms with Crippen LogP contribution in [0.5, 0.6) is 0 Å². The molecule has 0 radical (unpaired) electrons. The fourth-order valence-electron chi connectivity index (χ4n) is 4.14. The maximum Gasteiger partial charge on any atom is -0.0103 e. The van der Waals surface area contributed by atoms with Crippen LogP contribution in [0.3, 0.4) is 0 Å². The molecule has 5 aromatic carbocycles. The Kier molecular flexibility index (Phi) is 3.76. The number of hydrogen-bond acceptors (Lipinski definition) is 0. The predicted octanol–water partition coefficient (Wildman–Crippen LogP) is 7.64. The van der Waals surface area contributed by atoms with Gasteiger partial charge in [0, 0.05) is 0 Å². The van der Waals surface area contributed by atoms with E-state index in [9.17, 15) is 0 Å². The number of benzene rings is 5. The number of hydrogen-bond donors (Lipinski definition) is 0. The van der Waals surface area contributed by atoms with Crippen molar-refractivity contribution in [2.45, 2.75) is 6.92 Å². The molecule has 128 valence electrons. The maximum atomic E-state index is 2.24. The molecule has 0 aliphatic heterocycles. The number of rotatable bonds is 2. The summed E-state index contributed by atoms with van der Waals surface area (Å²) in [6, 6.07) is 37.1. The third kappa shape index (κ3) is 2.62. The second kappa shape index (κ2) is 6.41. The third-order valence-corrected chi connectivity index (χ3v) is 5.49. The van der Waals surface area contributed by atoms with E-state index in [0.29, 0.717) is 0 Å². The first-order chi connectivity index (χ1) is 13.3. The van der Waals surface area contributed by atoms with Gasteiger partial charge in [-0.05, 0) is 56.3 Å². The highest BCUT2D eigenvalue weighted by molar-refractivity contribution is 6.01. The highest BCUT2D eigenvalue weighted by Crippen LogP contribution is 2.37. The lowest BCUT2D eigenvalue weighted by atomic mass is 9.89. The van der Waals surface area contributed by atoms with Gasteiger partial charge in [0.1, 0.15) is 0 Å². The average molecular weight is 344 g/mol. The average Bonchev–Trinajstić information content (AvgIpc) is 2.73. The molecule has 0 saturated heterocycles. The van der Waals surface area contributed by atoms with E-state index < -0.39 is 0 Å². The van der Waals surface area contributed by atoms with Gasteiger partial charge in [0.2, 0.25) is 0 Å². The largest absolute Gasteiger partial charge is 0.0616 e. The Hall–Kier alpha value is -3.38. The normalized spacial score (nSPS) is 11.1. The minimum Gasteiger partial charge on any atom is -0.0616 e. The number of fused-ring (bicyclic) bond motifs is 2. The van der Waals surface area contributed by atoms with Crippen LogP contribution < -0.4 is 0 Å². The van der Waals surface area contributed by atoms with Crippen molar-refractivity contribution >= 4 is 21.5 Å². The van der Waals surface area contributed by atoms with Crippen LogP contribution in [0.2, 0.25) is 0 Å². The Labute approximate surface area is 159 Å². The van der Waals surface area contributed by atoms with Crippen molar-refractivity contribution in [3.63, 3.8) is 0 Å². The molecule has 5 rings (SSSR count). The first-order valence-electron chi connectivity index (χ1n) is 9.39. The topological polar surface area (TPSA) is 0 Å². The first-order valence-corrected chi connectivity index (χ1v) is 9.39. The van der Waals surface area contributed by atoms with E-state index in [-0.39, 0.29) is 0 Å². The quantitative estimate of drug-likeness (QED) is 0.309. The molecule has 0 fully saturated rings.